The molecule has 1 rings (SSSR count). The van der Waals surface area contributed by atoms with Gasteiger partial charge in [0.1, 0.15) is 6.20 Å². The van der Waals surface area contributed by atoms with E-state index in [1.165, 1.54) is 25.1 Å². The zero-order valence-electron chi connectivity index (χ0n) is 12.7. The van der Waals surface area contributed by atoms with Gasteiger partial charge in [0.2, 0.25) is 5.91 Å². The number of nitrogens with one attached hydrogen (secondary N) is 1. The Kier molecular flexibility index (Phi) is 7.74. The predicted molar refractivity (Wildman–Crippen MR) is 81.4 cm³/mol. The highest BCUT2D eigenvalue weighted by Crippen LogP contribution is 2.10. The Morgan fingerprint density at radius 3 is 2.59 bits per heavy atom. The molecule has 0 aliphatic rings. The Morgan fingerprint density at radius 2 is 1.91 bits per heavy atom. The van der Waals surface area contributed by atoms with E-state index in [2.05, 4.69) is 17.2 Å². The Morgan fingerprint density at radius 1 is 1.23 bits per heavy atom. The fraction of sp³-hybridized carbons (Fsp3) is 0.533. The number of unbranched alkanes of at least 4 members (excludes halogenated alkanes) is 5. The van der Waals surface area contributed by atoms with Gasteiger partial charge in [-0.3, -0.25) is 14.9 Å². The van der Waals surface area contributed by atoms with E-state index < -0.39 is 16.6 Å². The van der Waals surface area contributed by atoms with E-state index in [-0.39, 0.29) is 17.9 Å². The molecule has 0 saturated carbocycles. The van der Waals surface area contributed by atoms with E-state index in [0.717, 1.165) is 31.7 Å². The second-order valence-electron chi connectivity index (χ2n) is 5.05. The molecule has 2 amide bonds. The highest BCUT2D eigenvalue weighted by atomic mass is 16.6. The van der Waals surface area contributed by atoms with Crippen molar-refractivity contribution in [1.82, 2.24) is 10.3 Å². The lowest BCUT2D eigenvalue weighted by atomic mass is 10.1. The molecule has 0 radical (unpaired) electrons. The number of nitrogens with zero attached hydrogens (tertiary/aromatic N) is 2. The molecule has 1 aromatic rings. The lowest BCUT2D eigenvalue weighted by Gasteiger charge is -2.04. The van der Waals surface area contributed by atoms with Crippen LogP contribution < -0.4 is 5.32 Å². The standard InChI is InChI=1S/C15H21N3O4/c1-2-3-4-5-6-7-8-14(19)17-15(20)12-9-10-16-13(11-12)18(21)22/h9-11H,2-8H2,1H3,(H,17,19,20). The van der Waals surface area contributed by atoms with E-state index in [0.29, 0.717) is 0 Å². The summed E-state index contributed by atoms with van der Waals surface area (Å²) >= 11 is 0. The van der Waals surface area contributed by atoms with Crippen LogP contribution in [0.1, 0.15) is 62.2 Å². The molecule has 1 N–H and O–H groups in total. The van der Waals surface area contributed by atoms with Gasteiger partial charge in [0.05, 0.1) is 5.56 Å². The molecule has 0 saturated heterocycles. The molecule has 0 fully saturated rings. The molecule has 7 heteroatoms. The van der Waals surface area contributed by atoms with Crippen LogP contribution in [-0.4, -0.2) is 21.7 Å². The van der Waals surface area contributed by atoms with Gasteiger partial charge in [0.25, 0.3) is 5.91 Å². The van der Waals surface area contributed by atoms with E-state index in [9.17, 15) is 19.7 Å². The van der Waals surface area contributed by atoms with Gasteiger partial charge in [-0.05, 0) is 22.4 Å². The molecular formula is C15H21N3O4. The smallest absolute Gasteiger partial charge is 0.358 e. The van der Waals surface area contributed by atoms with Crippen molar-refractivity contribution in [2.75, 3.05) is 0 Å². The minimum atomic E-state index is -0.686. The Bertz CT molecular complexity index is 531. The third-order valence-corrected chi connectivity index (χ3v) is 3.21. The first-order valence-corrected chi connectivity index (χ1v) is 7.49. The first-order valence-electron chi connectivity index (χ1n) is 7.49. The number of amides is 2. The van der Waals surface area contributed by atoms with Gasteiger partial charge in [-0.15, -0.1) is 0 Å². The molecular weight excluding hydrogens is 286 g/mol. The number of hydrogen-bond acceptors (Lipinski definition) is 5. The summed E-state index contributed by atoms with van der Waals surface area (Å²) in [5.74, 6) is -1.42. The maximum atomic E-state index is 11.8. The topological polar surface area (TPSA) is 102 Å². The molecule has 0 bridgehead atoms. The number of carbonyl (C=O) groups excluding carboxylic acids is 2. The molecule has 0 aliphatic carbocycles. The number of pyridine rings is 1. The number of nitro groups is 1. The molecule has 0 aromatic carbocycles. The minimum absolute atomic E-state index is 0.0537. The van der Waals surface area contributed by atoms with Crippen molar-refractivity contribution in [1.29, 1.82) is 0 Å². The Hall–Kier alpha value is -2.31. The molecule has 22 heavy (non-hydrogen) atoms. The fourth-order valence-corrected chi connectivity index (χ4v) is 1.99. The van der Waals surface area contributed by atoms with Crippen LogP contribution >= 0.6 is 0 Å². The van der Waals surface area contributed by atoms with Crippen molar-refractivity contribution in [2.24, 2.45) is 0 Å². The molecule has 7 nitrogen and oxygen atoms in total. The molecule has 0 spiro atoms. The summed E-state index contributed by atoms with van der Waals surface area (Å²) in [6, 6.07) is 2.38. The summed E-state index contributed by atoms with van der Waals surface area (Å²) in [7, 11) is 0. The molecule has 1 aromatic heterocycles. The lowest BCUT2D eigenvalue weighted by Crippen LogP contribution is -2.30. The molecule has 0 aliphatic heterocycles. The van der Waals surface area contributed by atoms with E-state index >= 15 is 0 Å². The van der Waals surface area contributed by atoms with Crippen LogP contribution in [0.5, 0.6) is 0 Å². The van der Waals surface area contributed by atoms with Gasteiger partial charge in [-0.1, -0.05) is 39.0 Å². The van der Waals surface area contributed by atoms with Crippen molar-refractivity contribution in [3.8, 4) is 0 Å². The number of aromatic nitrogens is 1. The third kappa shape index (κ3) is 6.43. The lowest BCUT2D eigenvalue weighted by molar-refractivity contribution is -0.389. The summed E-state index contributed by atoms with van der Waals surface area (Å²) in [4.78, 5) is 36.9. The monoisotopic (exact) mass is 307 g/mol. The zero-order chi connectivity index (χ0) is 16.4. The SMILES string of the molecule is CCCCCCCCC(=O)NC(=O)c1ccnc([N+](=O)[O-])c1. The average Bonchev–Trinajstić information content (AvgIpc) is 2.50. The molecule has 120 valence electrons. The van der Waals surface area contributed by atoms with Crippen molar-refractivity contribution in [3.05, 3.63) is 34.0 Å². The van der Waals surface area contributed by atoms with Crippen LogP contribution in [0.4, 0.5) is 5.82 Å². The summed E-state index contributed by atoms with van der Waals surface area (Å²) < 4.78 is 0. The van der Waals surface area contributed by atoms with Crippen LogP contribution in [0.25, 0.3) is 0 Å². The van der Waals surface area contributed by atoms with E-state index in [4.69, 9.17) is 0 Å². The van der Waals surface area contributed by atoms with Gasteiger partial charge in [0, 0.05) is 12.5 Å². The van der Waals surface area contributed by atoms with Crippen LogP contribution in [0.3, 0.4) is 0 Å². The summed E-state index contributed by atoms with van der Waals surface area (Å²) in [5.41, 5.74) is 0.0537. The second kappa shape index (κ2) is 9.59. The number of rotatable bonds is 9. The summed E-state index contributed by atoms with van der Waals surface area (Å²) in [5, 5.41) is 12.8. The van der Waals surface area contributed by atoms with Crippen molar-refractivity contribution in [3.63, 3.8) is 0 Å². The Balaban J connectivity index is 2.36. The van der Waals surface area contributed by atoms with Gasteiger partial charge in [0.15, 0.2) is 0 Å². The quantitative estimate of drug-likeness (QED) is 0.429. The minimum Gasteiger partial charge on any atom is -0.358 e. The second-order valence-corrected chi connectivity index (χ2v) is 5.05. The highest BCUT2D eigenvalue weighted by Gasteiger charge is 2.14. The van der Waals surface area contributed by atoms with Crippen LogP contribution in [-0.2, 0) is 4.79 Å². The zero-order valence-corrected chi connectivity index (χ0v) is 12.7. The maximum absolute atomic E-state index is 11.8. The largest absolute Gasteiger partial charge is 0.364 e. The third-order valence-electron chi connectivity index (χ3n) is 3.21. The first kappa shape index (κ1) is 17.7. The van der Waals surface area contributed by atoms with E-state index in [1.54, 1.807) is 0 Å². The predicted octanol–water partition coefficient (Wildman–Crippen LogP) is 3.00. The van der Waals surface area contributed by atoms with Gasteiger partial charge in [-0.2, -0.15) is 0 Å². The van der Waals surface area contributed by atoms with Crippen molar-refractivity contribution in [2.45, 2.75) is 51.9 Å². The number of imide groups is 1. The van der Waals surface area contributed by atoms with Gasteiger partial charge < -0.3 is 10.1 Å². The average molecular weight is 307 g/mol. The summed E-state index contributed by atoms with van der Waals surface area (Å²) in [6.45, 7) is 2.14. The van der Waals surface area contributed by atoms with Crippen LogP contribution in [0.15, 0.2) is 18.3 Å². The fourth-order valence-electron chi connectivity index (χ4n) is 1.99. The van der Waals surface area contributed by atoms with Crippen molar-refractivity contribution < 1.29 is 14.5 Å². The highest BCUT2D eigenvalue weighted by molar-refractivity contribution is 6.04. The normalized spacial score (nSPS) is 10.2. The number of carbonyl (C=O) groups is 2. The van der Waals surface area contributed by atoms with Crippen molar-refractivity contribution >= 4 is 17.6 Å². The molecule has 0 unspecified atom stereocenters. The van der Waals surface area contributed by atoms with Gasteiger partial charge in [-0.25, -0.2) is 0 Å². The molecule has 0 atom stereocenters. The van der Waals surface area contributed by atoms with Crippen LogP contribution in [0.2, 0.25) is 0 Å². The number of hydrogen-bond donors (Lipinski definition) is 1. The van der Waals surface area contributed by atoms with Gasteiger partial charge >= 0.3 is 5.82 Å². The Labute approximate surface area is 129 Å². The molecule has 1 heterocycles. The van der Waals surface area contributed by atoms with Crippen LogP contribution in [0, 0.1) is 10.1 Å². The summed E-state index contributed by atoms with van der Waals surface area (Å²) in [6.07, 6.45) is 7.78. The first-order chi connectivity index (χ1) is 10.5. The maximum Gasteiger partial charge on any atom is 0.364 e. The van der Waals surface area contributed by atoms with E-state index in [1.807, 2.05) is 0 Å².